The molecule has 0 aliphatic carbocycles. The smallest absolute Gasteiger partial charge is 0.185 e. The zero-order valence-corrected chi connectivity index (χ0v) is 8.61. The van der Waals surface area contributed by atoms with E-state index in [1.54, 1.807) is 0 Å². The summed E-state index contributed by atoms with van der Waals surface area (Å²) in [6, 6.07) is 0. The Morgan fingerprint density at radius 1 is 1.58 bits per heavy atom. The number of carbonyl (C=O) groups excluding carboxylic acids is 1. The topological polar surface area (TPSA) is 46.5 Å². The number of aliphatic hydroxyl groups excluding tert-OH is 1. The van der Waals surface area contributed by atoms with Gasteiger partial charge >= 0.3 is 0 Å². The third kappa shape index (κ3) is 6.64. The van der Waals surface area contributed by atoms with E-state index < -0.39 is 5.60 Å². The van der Waals surface area contributed by atoms with Crippen molar-refractivity contribution in [2.45, 2.75) is 26.4 Å². The molecule has 0 unspecified atom stereocenters. The molecule has 0 radical (unpaired) electrons. The number of hydrogen-bond donors (Lipinski definition) is 1. The minimum Gasteiger partial charge on any atom is -0.393 e. The van der Waals surface area contributed by atoms with Crippen LogP contribution in [-0.2, 0) is 9.53 Å². The molecule has 0 aromatic heterocycles. The number of rotatable bonds is 5. The van der Waals surface area contributed by atoms with Crippen LogP contribution >= 0.6 is 11.8 Å². The molecule has 0 bridgehead atoms. The first-order chi connectivity index (χ1) is 5.48. The van der Waals surface area contributed by atoms with Gasteiger partial charge in [-0.3, -0.25) is 4.79 Å². The van der Waals surface area contributed by atoms with Crippen molar-refractivity contribution in [1.82, 2.24) is 0 Å². The standard InChI is InChI=1S/C8H16O3S/c1-7(10)12-5-4-11-8(2,3)6-9/h9H,4-6H2,1-3H3. The second-order valence-corrected chi connectivity index (χ2v) is 4.38. The first-order valence-electron chi connectivity index (χ1n) is 3.86. The molecule has 0 aromatic rings. The molecular formula is C8H16O3S. The molecule has 0 aliphatic heterocycles. The maximum absolute atomic E-state index is 10.5. The molecule has 0 aromatic carbocycles. The van der Waals surface area contributed by atoms with Crippen molar-refractivity contribution in [3.63, 3.8) is 0 Å². The minimum atomic E-state index is -0.489. The molecule has 72 valence electrons. The summed E-state index contributed by atoms with van der Waals surface area (Å²) in [6.45, 7) is 5.65. The normalized spacial score (nSPS) is 11.7. The molecule has 0 heterocycles. The average molecular weight is 192 g/mol. The molecule has 0 amide bonds. The predicted octanol–water partition coefficient (Wildman–Crippen LogP) is 1.05. The van der Waals surface area contributed by atoms with Gasteiger partial charge < -0.3 is 9.84 Å². The van der Waals surface area contributed by atoms with Crippen LogP contribution in [0, 0.1) is 0 Å². The van der Waals surface area contributed by atoms with Crippen molar-refractivity contribution in [2.24, 2.45) is 0 Å². The van der Waals surface area contributed by atoms with E-state index in [9.17, 15) is 4.79 Å². The SMILES string of the molecule is CC(=O)SCCOC(C)(C)CO. The van der Waals surface area contributed by atoms with Crippen LogP contribution in [-0.4, -0.2) is 34.8 Å². The van der Waals surface area contributed by atoms with Gasteiger partial charge in [0.2, 0.25) is 0 Å². The third-order valence-electron chi connectivity index (χ3n) is 1.26. The molecule has 12 heavy (non-hydrogen) atoms. The van der Waals surface area contributed by atoms with Gasteiger partial charge in [0.1, 0.15) is 0 Å². The number of ether oxygens (including phenoxy) is 1. The zero-order chi connectivity index (χ0) is 9.61. The van der Waals surface area contributed by atoms with Gasteiger partial charge in [0.05, 0.1) is 18.8 Å². The highest BCUT2D eigenvalue weighted by atomic mass is 32.2. The Labute approximate surface area is 77.5 Å². The lowest BCUT2D eigenvalue weighted by molar-refractivity contribution is -0.109. The maximum atomic E-state index is 10.5. The van der Waals surface area contributed by atoms with Gasteiger partial charge in [-0.1, -0.05) is 11.8 Å². The third-order valence-corrected chi connectivity index (χ3v) is 2.04. The highest BCUT2D eigenvalue weighted by molar-refractivity contribution is 8.13. The van der Waals surface area contributed by atoms with E-state index in [2.05, 4.69) is 0 Å². The fourth-order valence-electron chi connectivity index (χ4n) is 0.549. The van der Waals surface area contributed by atoms with Gasteiger partial charge in [-0.25, -0.2) is 0 Å². The average Bonchev–Trinajstić information content (AvgIpc) is 1.98. The van der Waals surface area contributed by atoms with Gasteiger partial charge in [0, 0.05) is 12.7 Å². The van der Waals surface area contributed by atoms with Crippen LogP contribution in [0.2, 0.25) is 0 Å². The van der Waals surface area contributed by atoms with E-state index in [-0.39, 0.29) is 11.7 Å². The Morgan fingerprint density at radius 2 is 2.17 bits per heavy atom. The van der Waals surface area contributed by atoms with E-state index in [0.29, 0.717) is 12.4 Å². The van der Waals surface area contributed by atoms with Crippen LogP contribution in [0.15, 0.2) is 0 Å². The lowest BCUT2D eigenvalue weighted by Gasteiger charge is -2.21. The van der Waals surface area contributed by atoms with Gasteiger partial charge in [-0.05, 0) is 13.8 Å². The van der Waals surface area contributed by atoms with E-state index in [4.69, 9.17) is 9.84 Å². The van der Waals surface area contributed by atoms with Crippen LogP contribution in [0.4, 0.5) is 0 Å². The van der Waals surface area contributed by atoms with Crippen LogP contribution < -0.4 is 0 Å². The molecule has 0 spiro atoms. The first kappa shape index (κ1) is 11.9. The Balaban J connectivity index is 3.37. The van der Waals surface area contributed by atoms with E-state index >= 15 is 0 Å². The largest absolute Gasteiger partial charge is 0.393 e. The lowest BCUT2D eigenvalue weighted by Crippen LogP contribution is -2.29. The monoisotopic (exact) mass is 192 g/mol. The summed E-state index contributed by atoms with van der Waals surface area (Å²) >= 11 is 1.24. The van der Waals surface area contributed by atoms with Gasteiger partial charge in [-0.15, -0.1) is 0 Å². The molecule has 0 saturated carbocycles. The molecule has 0 saturated heterocycles. The molecule has 3 nitrogen and oxygen atoms in total. The molecule has 0 fully saturated rings. The lowest BCUT2D eigenvalue weighted by atomic mass is 10.2. The van der Waals surface area contributed by atoms with E-state index in [1.807, 2.05) is 13.8 Å². The van der Waals surface area contributed by atoms with Crippen molar-refractivity contribution < 1.29 is 14.6 Å². The molecule has 0 aliphatic rings. The van der Waals surface area contributed by atoms with Crippen LogP contribution in [0.3, 0.4) is 0 Å². The number of aliphatic hydroxyl groups is 1. The minimum absolute atomic E-state index is 0.00224. The first-order valence-corrected chi connectivity index (χ1v) is 4.85. The summed E-state index contributed by atoms with van der Waals surface area (Å²) in [4.78, 5) is 10.5. The Bertz CT molecular complexity index is 145. The quantitative estimate of drug-likeness (QED) is 0.661. The van der Waals surface area contributed by atoms with Crippen LogP contribution in [0.25, 0.3) is 0 Å². The van der Waals surface area contributed by atoms with E-state index in [1.165, 1.54) is 18.7 Å². The summed E-state index contributed by atoms with van der Waals surface area (Å²) < 4.78 is 5.31. The van der Waals surface area contributed by atoms with Gasteiger partial charge in [0.15, 0.2) is 5.12 Å². The fraction of sp³-hybridized carbons (Fsp3) is 0.875. The predicted molar refractivity (Wildman–Crippen MR) is 50.3 cm³/mol. The highest BCUT2D eigenvalue weighted by Crippen LogP contribution is 2.09. The zero-order valence-electron chi connectivity index (χ0n) is 7.79. The maximum Gasteiger partial charge on any atom is 0.185 e. The summed E-state index contributed by atoms with van der Waals surface area (Å²) in [7, 11) is 0. The molecule has 4 heteroatoms. The molecule has 1 N–H and O–H groups in total. The second-order valence-electron chi connectivity index (χ2n) is 3.11. The number of carbonyl (C=O) groups is 1. The second kappa shape index (κ2) is 5.56. The Morgan fingerprint density at radius 3 is 2.58 bits per heavy atom. The number of thioether (sulfide) groups is 1. The molecule has 0 rings (SSSR count). The Kier molecular flexibility index (Phi) is 5.53. The summed E-state index contributed by atoms with van der Waals surface area (Å²) in [5, 5.41) is 8.90. The summed E-state index contributed by atoms with van der Waals surface area (Å²) in [5.41, 5.74) is -0.489. The van der Waals surface area contributed by atoms with Gasteiger partial charge in [0.25, 0.3) is 0 Å². The van der Waals surface area contributed by atoms with Gasteiger partial charge in [-0.2, -0.15) is 0 Å². The van der Waals surface area contributed by atoms with E-state index in [0.717, 1.165) is 0 Å². The Hall–Kier alpha value is -0.0600. The highest BCUT2D eigenvalue weighted by Gasteiger charge is 2.15. The van der Waals surface area contributed by atoms with Crippen LogP contribution in [0.1, 0.15) is 20.8 Å². The number of hydrogen-bond acceptors (Lipinski definition) is 4. The summed E-state index contributed by atoms with van der Waals surface area (Å²) in [6.07, 6.45) is 0. The van der Waals surface area contributed by atoms with Crippen LogP contribution in [0.5, 0.6) is 0 Å². The van der Waals surface area contributed by atoms with Crippen molar-refractivity contribution in [1.29, 1.82) is 0 Å². The molecule has 0 atom stereocenters. The van der Waals surface area contributed by atoms with Crippen molar-refractivity contribution in [3.05, 3.63) is 0 Å². The summed E-state index contributed by atoms with van der Waals surface area (Å²) in [5.74, 6) is 0.652. The van der Waals surface area contributed by atoms with Crippen molar-refractivity contribution in [2.75, 3.05) is 19.0 Å². The van der Waals surface area contributed by atoms with Crippen molar-refractivity contribution >= 4 is 16.9 Å². The van der Waals surface area contributed by atoms with Crippen molar-refractivity contribution in [3.8, 4) is 0 Å². The fourth-order valence-corrected chi connectivity index (χ4v) is 1.00. The molecular weight excluding hydrogens is 176 g/mol.